The van der Waals surface area contributed by atoms with Gasteiger partial charge in [0.05, 0.1) is 16.8 Å². The van der Waals surface area contributed by atoms with Crippen molar-refractivity contribution in [3.63, 3.8) is 0 Å². The van der Waals surface area contributed by atoms with E-state index in [2.05, 4.69) is 25.6 Å². The van der Waals surface area contributed by atoms with E-state index >= 15 is 0 Å². The van der Waals surface area contributed by atoms with Gasteiger partial charge in [-0.15, -0.1) is 11.3 Å². The van der Waals surface area contributed by atoms with E-state index < -0.39 is 0 Å². The summed E-state index contributed by atoms with van der Waals surface area (Å²) < 4.78 is 1.15. The van der Waals surface area contributed by atoms with Crippen LogP contribution in [0.15, 0.2) is 17.8 Å². The number of fused-ring (bicyclic) bond motifs is 1. The highest BCUT2D eigenvalue weighted by atomic mass is 32.1. The van der Waals surface area contributed by atoms with Gasteiger partial charge in [0.25, 0.3) is 0 Å². The lowest BCUT2D eigenvalue weighted by atomic mass is 9.87. The SMILES string of the molecule is CC(=O)NCC(=O)N1CCC[C@]2(CCCN2c2ncnc3ccsc23)CC1. The Morgan fingerprint density at radius 3 is 2.81 bits per heavy atom. The Morgan fingerprint density at radius 1 is 1.19 bits per heavy atom. The van der Waals surface area contributed by atoms with Crippen molar-refractivity contribution < 1.29 is 9.59 Å². The maximum Gasteiger partial charge on any atom is 0.241 e. The number of carbonyl (C=O) groups excluding carboxylic acids is 2. The van der Waals surface area contributed by atoms with E-state index in [0.717, 1.165) is 67.8 Å². The Hall–Kier alpha value is -2.22. The molecule has 0 radical (unpaired) electrons. The van der Waals surface area contributed by atoms with Crippen LogP contribution in [-0.2, 0) is 9.59 Å². The Balaban J connectivity index is 1.53. The minimum atomic E-state index is -0.166. The van der Waals surface area contributed by atoms with Gasteiger partial charge >= 0.3 is 0 Å². The van der Waals surface area contributed by atoms with Crippen LogP contribution in [0.3, 0.4) is 0 Å². The molecule has 1 spiro atoms. The Bertz CT molecular complexity index is 853. The second-order valence-corrected chi connectivity index (χ2v) is 8.37. The summed E-state index contributed by atoms with van der Waals surface area (Å²) in [4.78, 5) is 36.9. The molecule has 27 heavy (non-hydrogen) atoms. The summed E-state index contributed by atoms with van der Waals surface area (Å²) in [7, 11) is 0. The van der Waals surface area contributed by atoms with E-state index in [4.69, 9.17) is 0 Å². The zero-order chi connectivity index (χ0) is 18.9. The molecule has 2 aliphatic heterocycles. The molecule has 1 atom stereocenters. The van der Waals surface area contributed by atoms with Crippen molar-refractivity contribution in [1.82, 2.24) is 20.2 Å². The van der Waals surface area contributed by atoms with Gasteiger partial charge in [0, 0.05) is 32.1 Å². The largest absolute Gasteiger partial charge is 0.350 e. The molecular formula is C19H25N5O2S. The van der Waals surface area contributed by atoms with Crippen LogP contribution < -0.4 is 10.2 Å². The normalized spacial score (nSPS) is 23.0. The highest BCUT2D eigenvalue weighted by Gasteiger charge is 2.43. The molecule has 2 aromatic rings. The lowest BCUT2D eigenvalue weighted by Crippen LogP contribution is -2.46. The average Bonchev–Trinajstić information content (AvgIpc) is 3.23. The van der Waals surface area contributed by atoms with Crippen LogP contribution in [0.4, 0.5) is 5.82 Å². The number of thiophene rings is 1. The van der Waals surface area contributed by atoms with Crippen molar-refractivity contribution in [2.45, 2.75) is 44.6 Å². The second-order valence-electron chi connectivity index (χ2n) is 7.46. The molecular weight excluding hydrogens is 362 g/mol. The maximum absolute atomic E-state index is 12.4. The average molecular weight is 388 g/mol. The highest BCUT2D eigenvalue weighted by molar-refractivity contribution is 7.17. The monoisotopic (exact) mass is 387 g/mol. The summed E-state index contributed by atoms with van der Waals surface area (Å²) in [5.41, 5.74) is 1.07. The Morgan fingerprint density at radius 2 is 2.00 bits per heavy atom. The van der Waals surface area contributed by atoms with Gasteiger partial charge in [0.1, 0.15) is 12.1 Å². The van der Waals surface area contributed by atoms with E-state index in [0.29, 0.717) is 0 Å². The van der Waals surface area contributed by atoms with Gasteiger partial charge in [-0.2, -0.15) is 0 Å². The molecule has 144 valence electrons. The van der Waals surface area contributed by atoms with E-state index in [1.165, 1.54) is 6.92 Å². The molecule has 8 heteroatoms. The summed E-state index contributed by atoms with van der Waals surface area (Å²) >= 11 is 1.70. The third-order valence-electron chi connectivity index (χ3n) is 5.83. The molecule has 1 N–H and O–H groups in total. The van der Waals surface area contributed by atoms with Crippen molar-refractivity contribution in [3.8, 4) is 0 Å². The van der Waals surface area contributed by atoms with Gasteiger partial charge in [-0.25, -0.2) is 9.97 Å². The van der Waals surface area contributed by atoms with Crippen LogP contribution in [0.2, 0.25) is 0 Å². The van der Waals surface area contributed by atoms with Crippen LogP contribution in [-0.4, -0.2) is 58.4 Å². The fraction of sp³-hybridized carbons (Fsp3) is 0.579. The van der Waals surface area contributed by atoms with Crippen LogP contribution in [0, 0.1) is 0 Å². The zero-order valence-electron chi connectivity index (χ0n) is 15.6. The van der Waals surface area contributed by atoms with Gasteiger partial charge in [0.15, 0.2) is 0 Å². The topological polar surface area (TPSA) is 78.4 Å². The van der Waals surface area contributed by atoms with Crippen LogP contribution in [0.1, 0.15) is 39.0 Å². The molecule has 0 saturated carbocycles. The molecule has 2 amide bonds. The van der Waals surface area contributed by atoms with Gasteiger partial charge in [0.2, 0.25) is 11.8 Å². The van der Waals surface area contributed by atoms with E-state index in [1.807, 2.05) is 11.0 Å². The predicted octanol–water partition coefficient (Wildman–Crippen LogP) is 2.18. The standard InChI is InChI=1S/C19H25N5O2S/c1-14(25)20-12-16(26)23-8-2-5-19(7-10-23)6-3-9-24(19)18-17-15(4-11-27-17)21-13-22-18/h4,11,13H,2-3,5-10,12H2,1H3,(H,20,25)/t19-/m0/s1. The minimum absolute atomic E-state index is 0.00878. The summed E-state index contributed by atoms with van der Waals surface area (Å²) in [5.74, 6) is 0.889. The third kappa shape index (κ3) is 3.50. The summed E-state index contributed by atoms with van der Waals surface area (Å²) in [6.45, 7) is 4.02. The number of likely N-dealkylation sites (tertiary alicyclic amines) is 1. The zero-order valence-corrected chi connectivity index (χ0v) is 16.4. The lowest BCUT2D eigenvalue weighted by Gasteiger charge is -2.39. The van der Waals surface area contributed by atoms with Crippen molar-refractivity contribution in [3.05, 3.63) is 17.8 Å². The number of nitrogens with zero attached hydrogens (tertiary/aromatic N) is 4. The second kappa shape index (κ2) is 7.42. The lowest BCUT2D eigenvalue weighted by molar-refractivity contribution is -0.132. The molecule has 0 unspecified atom stereocenters. The molecule has 2 aliphatic rings. The first kappa shape index (κ1) is 18.2. The smallest absolute Gasteiger partial charge is 0.241 e. The quantitative estimate of drug-likeness (QED) is 0.873. The first-order chi connectivity index (χ1) is 13.1. The molecule has 0 bridgehead atoms. The van der Waals surface area contributed by atoms with Crippen LogP contribution in [0.5, 0.6) is 0 Å². The fourth-order valence-corrected chi connectivity index (χ4v) is 5.34. The number of carbonyl (C=O) groups is 2. The van der Waals surface area contributed by atoms with Crippen molar-refractivity contribution >= 4 is 39.2 Å². The number of hydrogen-bond donors (Lipinski definition) is 1. The molecule has 4 rings (SSSR count). The van der Waals surface area contributed by atoms with Gasteiger partial charge in [-0.05, 0) is 43.6 Å². The number of nitrogens with one attached hydrogen (secondary N) is 1. The third-order valence-corrected chi connectivity index (χ3v) is 6.73. The first-order valence-electron chi connectivity index (χ1n) is 9.57. The number of amides is 2. The Kier molecular flexibility index (Phi) is 4.99. The molecule has 7 nitrogen and oxygen atoms in total. The molecule has 2 fully saturated rings. The van der Waals surface area contributed by atoms with E-state index in [1.54, 1.807) is 17.7 Å². The van der Waals surface area contributed by atoms with Gasteiger partial charge in [-0.3, -0.25) is 9.59 Å². The van der Waals surface area contributed by atoms with Crippen LogP contribution in [0.25, 0.3) is 10.2 Å². The number of anilines is 1. The molecule has 2 aromatic heterocycles. The minimum Gasteiger partial charge on any atom is -0.350 e. The highest BCUT2D eigenvalue weighted by Crippen LogP contribution is 2.43. The summed E-state index contributed by atoms with van der Waals surface area (Å²) in [6, 6.07) is 2.05. The van der Waals surface area contributed by atoms with E-state index in [9.17, 15) is 9.59 Å². The number of rotatable bonds is 3. The molecule has 4 heterocycles. The maximum atomic E-state index is 12.4. The molecule has 0 aromatic carbocycles. The van der Waals surface area contributed by atoms with Crippen molar-refractivity contribution in [1.29, 1.82) is 0 Å². The Labute approximate surface area is 162 Å². The van der Waals surface area contributed by atoms with Crippen molar-refractivity contribution in [2.75, 3.05) is 31.1 Å². The van der Waals surface area contributed by atoms with E-state index in [-0.39, 0.29) is 23.9 Å². The fourth-order valence-electron chi connectivity index (χ4n) is 4.50. The van der Waals surface area contributed by atoms with Crippen LogP contribution >= 0.6 is 11.3 Å². The first-order valence-corrected chi connectivity index (χ1v) is 10.5. The summed E-state index contributed by atoms with van der Waals surface area (Å²) in [5, 5.41) is 4.69. The van der Waals surface area contributed by atoms with Crippen molar-refractivity contribution in [2.24, 2.45) is 0 Å². The van der Waals surface area contributed by atoms with Gasteiger partial charge < -0.3 is 15.1 Å². The number of aromatic nitrogens is 2. The van der Waals surface area contributed by atoms with Gasteiger partial charge in [-0.1, -0.05) is 0 Å². The molecule has 2 saturated heterocycles. The number of hydrogen-bond acceptors (Lipinski definition) is 6. The summed E-state index contributed by atoms with van der Waals surface area (Å²) in [6.07, 6.45) is 6.93. The molecule has 0 aliphatic carbocycles. The predicted molar refractivity (Wildman–Crippen MR) is 106 cm³/mol.